The number of rotatable bonds is 4. The van der Waals surface area contributed by atoms with Crippen LogP contribution in [0.15, 0.2) is 55.0 Å². The molecule has 4 N–H and O–H groups in total. The molecule has 1 aliphatic rings. The molecule has 5 nitrogen and oxygen atoms in total. The molecule has 0 spiro atoms. The number of H-pyrrole nitrogens is 1. The summed E-state index contributed by atoms with van der Waals surface area (Å²) >= 11 is 0. The number of hydrogen-bond donors (Lipinski definition) is 3. The average molecular weight is 351 g/mol. The minimum atomic E-state index is 0.109. The summed E-state index contributed by atoms with van der Waals surface area (Å²) in [4.78, 5) is 10.8. The Balaban J connectivity index is 1.78. The fraction of sp³-hybridized carbons (Fsp3) is 0.333. The van der Waals surface area contributed by atoms with Crippen LogP contribution in [0.25, 0.3) is 10.9 Å². The first kappa shape index (κ1) is 16.9. The molecule has 5 heteroatoms. The Morgan fingerprint density at radius 1 is 1.12 bits per heavy atom. The van der Waals surface area contributed by atoms with Gasteiger partial charge in [-0.15, -0.1) is 0 Å². The highest BCUT2D eigenvalue weighted by molar-refractivity contribution is 5.85. The molecule has 134 valence electrons. The van der Waals surface area contributed by atoms with Crippen molar-refractivity contribution in [1.29, 1.82) is 0 Å². The van der Waals surface area contributed by atoms with Crippen molar-refractivity contribution in [2.45, 2.75) is 13.0 Å². The van der Waals surface area contributed by atoms with E-state index >= 15 is 0 Å². The Labute approximate surface area is 153 Å². The zero-order valence-electron chi connectivity index (χ0n) is 15.2. The third kappa shape index (κ3) is 3.16. The van der Waals surface area contributed by atoms with Gasteiger partial charge in [-0.25, -0.2) is 4.98 Å². The first-order chi connectivity index (χ1) is 12.8. The molecule has 1 aliphatic heterocycles. The van der Waals surface area contributed by atoms with Gasteiger partial charge in [0.15, 0.2) is 18.1 Å². The van der Waals surface area contributed by atoms with Crippen molar-refractivity contribution in [1.82, 2.24) is 4.98 Å². The van der Waals surface area contributed by atoms with Crippen LogP contribution in [0.1, 0.15) is 24.1 Å². The highest BCUT2D eigenvalue weighted by Crippen LogP contribution is 2.32. The second-order valence-corrected chi connectivity index (χ2v) is 7.11. The van der Waals surface area contributed by atoms with E-state index in [-0.39, 0.29) is 6.04 Å². The largest absolute Gasteiger partial charge is 0.505 e. The average Bonchev–Trinajstić information content (AvgIpc) is 2.71. The fourth-order valence-corrected chi connectivity index (χ4v) is 4.17. The predicted molar refractivity (Wildman–Crippen MR) is 100 cm³/mol. The van der Waals surface area contributed by atoms with Crippen molar-refractivity contribution < 1.29 is 19.9 Å². The van der Waals surface area contributed by atoms with E-state index in [0.717, 1.165) is 24.0 Å². The lowest BCUT2D eigenvalue weighted by atomic mass is 9.95. The maximum atomic E-state index is 11.0. The lowest BCUT2D eigenvalue weighted by molar-refractivity contribution is -1.02. The van der Waals surface area contributed by atoms with Crippen LogP contribution in [0, 0.1) is 0 Å². The number of aromatic amines is 1. The molecule has 1 aromatic carbocycles. The second-order valence-electron chi connectivity index (χ2n) is 7.11. The Morgan fingerprint density at radius 3 is 2.69 bits per heavy atom. The molecular formula is C21H27N4O+3. The minimum Gasteiger partial charge on any atom is -0.505 e. The molecule has 1 saturated heterocycles. The summed E-state index contributed by atoms with van der Waals surface area (Å²) in [5.74, 6) is 0.315. The summed E-state index contributed by atoms with van der Waals surface area (Å²) in [5, 5.41) is 12.0. The van der Waals surface area contributed by atoms with Gasteiger partial charge in [-0.3, -0.25) is 4.98 Å². The molecule has 1 fully saturated rings. The molecule has 3 heterocycles. The molecule has 4 rings (SSSR count). The predicted octanol–water partition coefficient (Wildman–Crippen LogP) is -0.353. The number of pyridine rings is 2. The molecule has 26 heavy (non-hydrogen) atoms. The molecule has 0 amide bonds. The van der Waals surface area contributed by atoms with Gasteiger partial charge in [0.1, 0.15) is 37.7 Å². The van der Waals surface area contributed by atoms with Gasteiger partial charge in [-0.1, -0.05) is 12.1 Å². The van der Waals surface area contributed by atoms with Gasteiger partial charge < -0.3 is 14.9 Å². The molecular weight excluding hydrogens is 324 g/mol. The number of nitrogens with one attached hydrogen (secondary N) is 3. The number of aromatic hydroxyl groups is 1. The molecule has 0 radical (unpaired) electrons. The number of phenols is 1. The number of nitrogens with zero attached hydrogens (tertiary/aromatic N) is 1. The maximum Gasteiger partial charge on any atom is 0.176 e. The Morgan fingerprint density at radius 2 is 1.96 bits per heavy atom. The van der Waals surface area contributed by atoms with Crippen molar-refractivity contribution in [2.75, 3.05) is 32.7 Å². The summed E-state index contributed by atoms with van der Waals surface area (Å²) in [7, 11) is 0. The van der Waals surface area contributed by atoms with Crippen molar-refractivity contribution in [3.05, 3.63) is 66.1 Å². The van der Waals surface area contributed by atoms with Crippen LogP contribution in [0.5, 0.6) is 5.75 Å². The first-order valence-electron chi connectivity index (χ1n) is 9.48. The van der Waals surface area contributed by atoms with Gasteiger partial charge in [-0.2, -0.15) is 0 Å². The lowest BCUT2D eigenvalue weighted by Crippen LogP contribution is -3.28. The number of phenolic OH excluding ortho intramolecular Hbond substituents is 1. The monoisotopic (exact) mass is 351 g/mol. The van der Waals surface area contributed by atoms with E-state index in [1.54, 1.807) is 11.1 Å². The number of piperazine rings is 1. The third-order valence-corrected chi connectivity index (χ3v) is 5.66. The number of hydrogen-bond acceptors (Lipinski definition) is 2. The van der Waals surface area contributed by atoms with Crippen LogP contribution in [-0.4, -0.2) is 42.8 Å². The lowest BCUT2D eigenvalue weighted by Gasteiger charge is -2.34. The Bertz CT molecular complexity index is 876. The normalized spacial score (nSPS) is 21.6. The summed E-state index contributed by atoms with van der Waals surface area (Å²) in [6.45, 7) is 7.98. The standard InChI is InChI=1S/C21H24N4O/c1-2-24-11-13-25(14-12-24)20(17-6-3-9-22-15-17)18-8-7-16-5-4-10-23-19(16)21(18)26/h3-10,15,20,26H,2,11-14H2,1H3/p+3. The third-order valence-electron chi connectivity index (χ3n) is 5.66. The zero-order valence-corrected chi connectivity index (χ0v) is 15.2. The van der Waals surface area contributed by atoms with Crippen molar-refractivity contribution in [3.63, 3.8) is 0 Å². The quantitative estimate of drug-likeness (QED) is 0.602. The second kappa shape index (κ2) is 7.40. The number of likely N-dealkylation sites (N-methyl/N-ethyl adjacent to an activating group) is 1. The number of aromatic nitrogens is 2. The number of fused-ring (bicyclic) bond motifs is 1. The van der Waals surface area contributed by atoms with Crippen molar-refractivity contribution in [3.8, 4) is 5.75 Å². The fourth-order valence-electron chi connectivity index (χ4n) is 4.17. The Kier molecular flexibility index (Phi) is 4.82. The van der Waals surface area contributed by atoms with E-state index in [2.05, 4.69) is 41.3 Å². The number of quaternary nitrogens is 2. The van der Waals surface area contributed by atoms with E-state index in [1.165, 1.54) is 30.1 Å². The first-order valence-corrected chi connectivity index (χ1v) is 9.48. The van der Waals surface area contributed by atoms with Gasteiger partial charge in [0, 0.05) is 17.6 Å². The molecule has 0 bridgehead atoms. The smallest absolute Gasteiger partial charge is 0.176 e. The zero-order chi connectivity index (χ0) is 17.9. The van der Waals surface area contributed by atoms with Crippen LogP contribution in [0.2, 0.25) is 0 Å². The Hall–Kier alpha value is -2.50. The summed E-state index contributed by atoms with van der Waals surface area (Å²) in [6, 6.07) is 12.3. The van der Waals surface area contributed by atoms with Gasteiger partial charge >= 0.3 is 0 Å². The van der Waals surface area contributed by atoms with E-state index in [4.69, 9.17) is 0 Å². The van der Waals surface area contributed by atoms with Gasteiger partial charge in [0.25, 0.3) is 0 Å². The summed E-state index contributed by atoms with van der Waals surface area (Å²) in [6.07, 6.45) is 5.73. The molecule has 1 unspecified atom stereocenters. The summed E-state index contributed by atoms with van der Waals surface area (Å²) in [5.41, 5.74) is 2.85. The van der Waals surface area contributed by atoms with Crippen LogP contribution >= 0.6 is 0 Å². The van der Waals surface area contributed by atoms with Gasteiger partial charge in [-0.05, 0) is 25.1 Å². The van der Waals surface area contributed by atoms with Crippen molar-refractivity contribution in [2.24, 2.45) is 0 Å². The van der Waals surface area contributed by atoms with Crippen molar-refractivity contribution >= 4 is 10.9 Å². The van der Waals surface area contributed by atoms with Crippen LogP contribution < -0.4 is 14.8 Å². The molecule has 3 aromatic rings. The highest BCUT2D eigenvalue weighted by atomic mass is 16.3. The van der Waals surface area contributed by atoms with Crippen LogP contribution in [0.4, 0.5) is 0 Å². The van der Waals surface area contributed by atoms with E-state index in [0.29, 0.717) is 11.3 Å². The minimum absolute atomic E-state index is 0.109. The van der Waals surface area contributed by atoms with Gasteiger partial charge in [0.05, 0.1) is 17.7 Å². The van der Waals surface area contributed by atoms with Crippen LogP contribution in [0.3, 0.4) is 0 Å². The van der Waals surface area contributed by atoms with E-state index in [1.807, 2.05) is 24.4 Å². The topological polar surface area (TPSA) is 56.1 Å². The van der Waals surface area contributed by atoms with E-state index in [9.17, 15) is 5.11 Å². The molecule has 2 aromatic heterocycles. The SMILES string of the molecule is CC[NH+]1CC[NH+](C(c2ccc[nH+]c2)c2ccc3cccnc3c2O)CC1. The molecule has 1 atom stereocenters. The molecule has 0 aliphatic carbocycles. The van der Waals surface area contributed by atoms with Gasteiger partial charge in [0.2, 0.25) is 0 Å². The number of benzene rings is 1. The summed E-state index contributed by atoms with van der Waals surface area (Å²) < 4.78 is 0. The van der Waals surface area contributed by atoms with E-state index < -0.39 is 0 Å². The maximum absolute atomic E-state index is 11.0. The molecule has 0 saturated carbocycles. The van der Waals surface area contributed by atoms with Crippen LogP contribution in [-0.2, 0) is 0 Å². The highest BCUT2D eigenvalue weighted by Gasteiger charge is 2.34.